The molecule has 33 heavy (non-hydrogen) atoms. The maximum absolute atomic E-state index is 13.4. The minimum atomic E-state index is -0.519. The number of carbonyl (C=O) groups is 1. The monoisotopic (exact) mass is 445 g/mol. The average Bonchev–Trinajstić information content (AvgIpc) is 3.59. The van der Waals surface area contributed by atoms with E-state index in [1.54, 1.807) is 17.5 Å². The molecule has 4 aromatic rings. The first-order valence-corrected chi connectivity index (χ1v) is 10.8. The average molecular weight is 445 g/mol. The Kier molecular flexibility index (Phi) is 5.16. The molecule has 0 aliphatic heterocycles. The third-order valence-corrected chi connectivity index (χ3v) is 5.65. The van der Waals surface area contributed by atoms with Crippen molar-refractivity contribution in [2.45, 2.75) is 39.7 Å². The SMILES string of the molecule is CCOC(=O)c1cnc(-n2ncc3c(C)c(-c4cccc(OC5CC5)c4)c(C)n3c2=O)nc1. The number of hydrogen-bond acceptors (Lipinski definition) is 7. The van der Waals surface area contributed by atoms with Crippen molar-refractivity contribution >= 4 is 11.5 Å². The highest BCUT2D eigenvalue weighted by Crippen LogP contribution is 2.34. The van der Waals surface area contributed by atoms with E-state index < -0.39 is 11.7 Å². The number of nitrogens with zero attached hydrogens (tertiary/aromatic N) is 5. The summed E-state index contributed by atoms with van der Waals surface area (Å²) in [6.07, 6.45) is 6.76. The molecule has 1 saturated carbocycles. The van der Waals surface area contributed by atoms with E-state index >= 15 is 0 Å². The second kappa shape index (κ2) is 8.16. The molecule has 1 fully saturated rings. The summed E-state index contributed by atoms with van der Waals surface area (Å²) in [4.78, 5) is 33.5. The van der Waals surface area contributed by atoms with E-state index in [1.807, 2.05) is 38.1 Å². The number of esters is 1. The van der Waals surface area contributed by atoms with Crippen molar-refractivity contribution in [3.8, 4) is 22.8 Å². The smallest absolute Gasteiger partial charge is 0.356 e. The predicted molar refractivity (Wildman–Crippen MR) is 121 cm³/mol. The van der Waals surface area contributed by atoms with Gasteiger partial charge in [0.15, 0.2) is 0 Å². The van der Waals surface area contributed by atoms with E-state index in [2.05, 4.69) is 15.1 Å². The fraction of sp³-hybridized carbons (Fsp3) is 0.292. The molecule has 0 radical (unpaired) electrons. The fourth-order valence-corrected chi connectivity index (χ4v) is 3.93. The first kappa shape index (κ1) is 20.9. The van der Waals surface area contributed by atoms with Gasteiger partial charge < -0.3 is 9.47 Å². The van der Waals surface area contributed by atoms with Gasteiger partial charge in [0.2, 0.25) is 0 Å². The lowest BCUT2D eigenvalue weighted by molar-refractivity contribution is 0.0525. The van der Waals surface area contributed by atoms with Crippen molar-refractivity contribution in [2.75, 3.05) is 6.61 Å². The van der Waals surface area contributed by atoms with Crippen molar-refractivity contribution in [3.05, 3.63) is 70.2 Å². The number of hydrogen-bond donors (Lipinski definition) is 0. The summed E-state index contributed by atoms with van der Waals surface area (Å²) in [6.45, 7) is 5.85. The molecule has 0 spiro atoms. The van der Waals surface area contributed by atoms with E-state index in [0.717, 1.165) is 45.7 Å². The van der Waals surface area contributed by atoms with Gasteiger partial charge >= 0.3 is 11.7 Å². The summed E-state index contributed by atoms with van der Waals surface area (Å²) in [5.41, 5.74) is 4.20. The molecule has 3 aromatic heterocycles. The topological polar surface area (TPSA) is 101 Å². The highest BCUT2D eigenvalue weighted by atomic mass is 16.5. The lowest BCUT2D eigenvalue weighted by atomic mass is 10.0. The molecule has 1 aromatic carbocycles. The van der Waals surface area contributed by atoms with Crippen LogP contribution in [-0.2, 0) is 4.74 Å². The third-order valence-electron chi connectivity index (χ3n) is 5.65. The minimum Gasteiger partial charge on any atom is -0.490 e. The van der Waals surface area contributed by atoms with Crippen LogP contribution in [-0.4, -0.2) is 42.8 Å². The van der Waals surface area contributed by atoms with E-state index in [4.69, 9.17) is 9.47 Å². The summed E-state index contributed by atoms with van der Waals surface area (Å²) in [7, 11) is 0. The molecular formula is C24H23N5O4. The quantitative estimate of drug-likeness (QED) is 0.420. The van der Waals surface area contributed by atoms with Gasteiger partial charge in [-0.1, -0.05) is 12.1 Å². The zero-order valence-corrected chi connectivity index (χ0v) is 18.6. The molecule has 0 amide bonds. The number of carbonyl (C=O) groups excluding carboxylic acids is 1. The van der Waals surface area contributed by atoms with Crippen LogP contribution in [0.15, 0.2) is 47.7 Å². The van der Waals surface area contributed by atoms with Crippen molar-refractivity contribution in [1.29, 1.82) is 0 Å². The first-order chi connectivity index (χ1) is 16.0. The Morgan fingerprint density at radius 2 is 1.91 bits per heavy atom. The Bertz CT molecular complexity index is 1420. The van der Waals surface area contributed by atoms with Crippen LogP contribution >= 0.6 is 0 Å². The Labute approximate surface area is 189 Å². The highest BCUT2D eigenvalue weighted by Gasteiger charge is 2.24. The van der Waals surface area contributed by atoms with Crippen LogP contribution in [0.4, 0.5) is 0 Å². The minimum absolute atomic E-state index is 0.0714. The van der Waals surface area contributed by atoms with Crippen LogP contribution in [0.5, 0.6) is 5.75 Å². The van der Waals surface area contributed by atoms with E-state index in [9.17, 15) is 9.59 Å². The Morgan fingerprint density at radius 3 is 2.61 bits per heavy atom. The molecule has 0 atom stereocenters. The lowest BCUT2D eigenvalue weighted by Crippen LogP contribution is -2.29. The van der Waals surface area contributed by atoms with Crippen LogP contribution in [0.25, 0.3) is 22.6 Å². The van der Waals surface area contributed by atoms with Crippen molar-refractivity contribution < 1.29 is 14.3 Å². The number of aromatic nitrogens is 5. The molecule has 9 heteroatoms. The molecule has 0 saturated heterocycles. The van der Waals surface area contributed by atoms with Crippen molar-refractivity contribution in [3.63, 3.8) is 0 Å². The number of aryl methyl sites for hydroxylation is 2. The molecule has 0 bridgehead atoms. The summed E-state index contributed by atoms with van der Waals surface area (Å²) >= 11 is 0. The summed E-state index contributed by atoms with van der Waals surface area (Å²) in [5.74, 6) is 0.381. The molecule has 1 aliphatic carbocycles. The second-order valence-electron chi connectivity index (χ2n) is 7.98. The zero-order chi connectivity index (χ0) is 23.1. The molecule has 0 N–H and O–H groups in total. The van der Waals surface area contributed by atoms with Crippen molar-refractivity contribution in [1.82, 2.24) is 24.1 Å². The maximum Gasteiger partial charge on any atom is 0.356 e. The first-order valence-electron chi connectivity index (χ1n) is 10.8. The Balaban J connectivity index is 1.57. The van der Waals surface area contributed by atoms with Gasteiger partial charge in [-0.2, -0.15) is 5.10 Å². The van der Waals surface area contributed by atoms with Gasteiger partial charge in [0, 0.05) is 23.7 Å². The van der Waals surface area contributed by atoms with Gasteiger partial charge in [-0.15, -0.1) is 4.68 Å². The van der Waals surface area contributed by atoms with Crippen molar-refractivity contribution in [2.24, 2.45) is 0 Å². The molecular weight excluding hydrogens is 422 g/mol. The largest absolute Gasteiger partial charge is 0.490 e. The predicted octanol–water partition coefficient (Wildman–Crippen LogP) is 3.28. The Hall–Kier alpha value is -4.01. The van der Waals surface area contributed by atoms with E-state index in [1.165, 1.54) is 12.4 Å². The van der Waals surface area contributed by atoms with Gasteiger partial charge in [0.1, 0.15) is 5.75 Å². The van der Waals surface area contributed by atoms with Crippen LogP contribution in [0.1, 0.15) is 41.4 Å². The third kappa shape index (κ3) is 3.75. The van der Waals surface area contributed by atoms with E-state index in [-0.39, 0.29) is 18.1 Å². The normalized spacial score (nSPS) is 13.3. The summed E-state index contributed by atoms with van der Waals surface area (Å²) in [5, 5.41) is 4.28. The van der Waals surface area contributed by atoms with Gasteiger partial charge in [-0.05, 0) is 56.9 Å². The molecule has 9 nitrogen and oxygen atoms in total. The molecule has 3 heterocycles. The van der Waals surface area contributed by atoms with Crippen LogP contribution in [0.2, 0.25) is 0 Å². The highest BCUT2D eigenvalue weighted by molar-refractivity contribution is 5.88. The van der Waals surface area contributed by atoms with Crippen LogP contribution in [0.3, 0.4) is 0 Å². The summed E-state index contributed by atoms with van der Waals surface area (Å²) < 4.78 is 13.6. The number of benzene rings is 1. The number of rotatable bonds is 6. The zero-order valence-electron chi connectivity index (χ0n) is 18.6. The molecule has 5 rings (SSSR count). The Morgan fingerprint density at radius 1 is 1.15 bits per heavy atom. The van der Waals surface area contributed by atoms with E-state index in [0.29, 0.717) is 11.6 Å². The second-order valence-corrected chi connectivity index (χ2v) is 7.98. The standard InChI is InChI=1S/C24H23N5O4/c1-4-32-22(30)17-11-25-23(26-12-17)29-24(31)28-15(3)21(14(2)20(28)13-27-29)16-6-5-7-19(10-16)33-18-8-9-18/h5-7,10-13,18H,4,8-9H2,1-3H3. The molecule has 1 aliphatic rings. The van der Waals surface area contributed by atoms with Crippen LogP contribution < -0.4 is 10.4 Å². The molecule has 168 valence electrons. The van der Waals surface area contributed by atoms with Gasteiger partial charge in [-0.3, -0.25) is 4.40 Å². The maximum atomic E-state index is 13.4. The fourth-order valence-electron chi connectivity index (χ4n) is 3.93. The van der Waals surface area contributed by atoms with Gasteiger partial charge in [0.05, 0.1) is 30.0 Å². The van der Waals surface area contributed by atoms with Gasteiger partial charge in [-0.25, -0.2) is 19.6 Å². The molecule has 0 unspecified atom stereocenters. The summed E-state index contributed by atoms with van der Waals surface area (Å²) in [6, 6.07) is 7.94. The van der Waals surface area contributed by atoms with Crippen LogP contribution in [0, 0.1) is 13.8 Å². The number of ether oxygens (including phenoxy) is 2. The van der Waals surface area contributed by atoms with Gasteiger partial charge in [0.25, 0.3) is 5.95 Å². The number of fused-ring (bicyclic) bond motifs is 1. The lowest BCUT2D eigenvalue weighted by Gasteiger charge is -2.08.